The molecule has 8 nitrogen and oxygen atoms in total. The molecule has 0 aliphatic heterocycles. The number of esters is 2. The van der Waals surface area contributed by atoms with Crippen LogP contribution in [0.2, 0.25) is 0 Å². The summed E-state index contributed by atoms with van der Waals surface area (Å²) in [5.74, 6) is -4.91. The number of benzene rings is 1. The minimum Gasteiger partial charge on any atom is -0.462 e. The Balaban J connectivity index is 2.70. The number of Topliss-reactive ketones (excluding diaryl/α,β-unsaturated/α-hetero) is 1. The lowest BCUT2D eigenvalue weighted by Crippen LogP contribution is -2.33. The average Bonchev–Trinajstić information content (AvgIpc) is 2.72. The van der Waals surface area contributed by atoms with Crippen LogP contribution >= 0.6 is 0 Å². The van der Waals surface area contributed by atoms with Crippen molar-refractivity contribution in [3.8, 4) is 0 Å². The lowest BCUT2D eigenvalue weighted by molar-refractivity contribution is -0.143. The number of aryl methyl sites for hydroxylation is 2. The molecule has 178 valence electrons. The Labute approximate surface area is 193 Å². The first-order chi connectivity index (χ1) is 15.3. The van der Waals surface area contributed by atoms with E-state index in [9.17, 15) is 27.6 Å². The van der Waals surface area contributed by atoms with E-state index in [0.29, 0.717) is 17.2 Å². The second-order valence-corrected chi connectivity index (χ2v) is 10.6. The van der Waals surface area contributed by atoms with Crippen LogP contribution in [-0.4, -0.2) is 45.1 Å². The van der Waals surface area contributed by atoms with Crippen LogP contribution in [0.1, 0.15) is 38.8 Å². The number of carbonyl (C=O) groups is 4. The third-order valence-electron chi connectivity index (χ3n) is 4.62. The molecule has 0 heterocycles. The molecule has 1 aliphatic carbocycles. The molecule has 2 rings (SSSR count). The fraction of sp³-hybridized carbons (Fsp3) is 0.417. The van der Waals surface area contributed by atoms with Crippen molar-refractivity contribution in [2.75, 3.05) is 13.2 Å². The summed E-state index contributed by atoms with van der Waals surface area (Å²) in [7, 11) is -4.67. The highest BCUT2D eigenvalue weighted by Crippen LogP contribution is 2.32. The first kappa shape index (κ1) is 26.2. The van der Waals surface area contributed by atoms with Crippen LogP contribution in [-0.2, 0) is 38.5 Å². The van der Waals surface area contributed by atoms with Crippen molar-refractivity contribution in [3.05, 3.63) is 51.5 Å². The van der Waals surface area contributed by atoms with Crippen molar-refractivity contribution in [3.63, 3.8) is 0 Å². The van der Waals surface area contributed by atoms with Gasteiger partial charge in [-0.15, -0.1) is 0 Å². The van der Waals surface area contributed by atoms with Crippen molar-refractivity contribution in [1.82, 2.24) is 0 Å². The van der Waals surface area contributed by atoms with Gasteiger partial charge in [-0.3, -0.25) is 9.59 Å². The molecule has 0 unspecified atom stereocenters. The molecule has 0 atom stereocenters. The van der Waals surface area contributed by atoms with Gasteiger partial charge in [0.2, 0.25) is 15.6 Å². The molecule has 1 aromatic rings. The van der Waals surface area contributed by atoms with Crippen LogP contribution in [0, 0.1) is 25.7 Å². The normalized spacial score (nSPS) is 14.6. The predicted molar refractivity (Wildman–Crippen MR) is 120 cm³/mol. The summed E-state index contributed by atoms with van der Waals surface area (Å²) >= 11 is 0. The Hall–Kier alpha value is -3.07. The van der Waals surface area contributed by atoms with Crippen LogP contribution in [0.5, 0.6) is 0 Å². The lowest BCUT2D eigenvalue weighted by atomic mass is 9.96. The fourth-order valence-corrected chi connectivity index (χ4v) is 4.82. The zero-order valence-electron chi connectivity index (χ0n) is 19.6. The summed E-state index contributed by atoms with van der Waals surface area (Å²) in [6, 6.07) is 4.56. The van der Waals surface area contributed by atoms with Crippen LogP contribution in [0.25, 0.3) is 0 Å². The lowest BCUT2D eigenvalue weighted by Gasteiger charge is -2.19. The molecule has 0 fully saturated rings. The van der Waals surface area contributed by atoms with Gasteiger partial charge in [-0.25, -0.2) is 18.0 Å². The van der Waals surface area contributed by atoms with Crippen molar-refractivity contribution in [1.29, 1.82) is 0 Å². The highest BCUT2D eigenvalue weighted by molar-refractivity contribution is 7.96. The van der Waals surface area contributed by atoms with Gasteiger partial charge < -0.3 is 9.47 Å². The summed E-state index contributed by atoms with van der Waals surface area (Å²) < 4.78 is 37.3. The highest BCUT2D eigenvalue weighted by atomic mass is 32.2. The van der Waals surface area contributed by atoms with E-state index in [1.54, 1.807) is 46.8 Å². The van der Waals surface area contributed by atoms with Gasteiger partial charge in [0.25, 0.3) is 0 Å². The van der Waals surface area contributed by atoms with Crippen LogP contribution < -0.4 is 0 Å². The predicted octanol–water partition coefficient (Wildman–Crippen LogP) is 2.81. The molecule has 0 bridgehead atoms. The first-order valence-electron chi connectivity index (χ1n) is 10.5. The van der Waals surface area contributed by atoms with Gasteiger partial charge in [-0.1, -0.05) is 39.8 Å². The van der Waals surface area contributed by atoms with Crippen molar-refractivity contribution >= 4 is 33.3 Å². The molecule has 1 aliphatic rings. The SMILES string of the molecule is Cc1ccc(C)c(S(=O)(=O)C2=C(C(=O)OCC(C)C)C(=O)C=C(C(=O)OCC(C)C)C2=O)c1. The Morgan fingerprint density at radius 2 is 1.45 bits per heavy atom. The zero-order chi connectivity index (χ0) is 25.1. The van der Waals surface area contributed by atoms with E-state index in [4.69, 9.17) is 9.47 Å². The van der Waals surface area contributed by atoms with Crippen molar-refractivity contribution < 1.29 is 37.1 Å². The van der Waals surface area contributed by atoms with Gasteiger partial charge in [0.1, 0.15) is 16.1 Å². The molecule has 0 saturated carbocycles. The maximum absolute atomic E-state index is 13.6. The van der Waals surface area contributed by atoms with Crippen molar-refractivity contribution in [2.24, 2.45) is 11.8 Å². The third-order valence-corrected chi connectivity index (χ3v) is 6.57. The third kappa shape index (κ3) is 5.84. The number of carbonyl (C=O) groups excluding carboxylic acids is 4. The number of rotatable bonds is 8. The number of hydrogen-bond donors (Lipinski definition) is 0. The molecule has 0 radical (unpaired) electrons. The molecule has 0 amide bonds. The van der Waals surface area contributed by atoms with Gasteiger partial charge in [-0.2, -0.15) is 0 Å². The summed E-state index contributed by atoms with van der Waals surface area (Å²) in [5.41, 5.74) is -0.765. The van der Waals surface area contributed by atoms with E-state index in [1.807, 2.05) is 0 Å². The van der Waals surface area contributed by atoms with E-state index >= 15 is 0 Å². The number of hydrogen-bond acceptors (Lipinski definition) is 8. The number of ether oxygens (including phenoxy) is 2. The van der Waals surface area contributed by atoms with E-state index in [1.165, 1.54) is 13.0 Å². The number of allylic oxidation sites excluding steroid dienone is 2. The Morgan fingerprint density at radius 3 is 2.00 bits per heavy atom. The molecule has 0 spiro atoms. The molecule has 9 heteroatoms. The molecule has 1 aromatic carbocycles. The number of sulfone groups is 1. The topological polar surface area (TPSA) is 121 Å². The van der Waals surface area contributed by atoms with Crippen LogP contribution in [0.4, 0.5) is 0 Å². The van der Waals surface area contributed by atoms with Gasteiger partial charge in [0.15, 0.2) is 5.78 Å². The molecule has 0 N–H and O–H groups in total. The quantitative estimate of drug-likeness (QED) is 0.319. The Morgan fingerprint density at radius 1 is 0.909 bits per heavy atom. The molecular formula is C24H28O8S. The van der Waals surface area contributed by atoms with E-state index in [0.717, 1.165) is 0 Å². The summed E-state index contributed by atoms with van der Waals surface area (Å²) in [6.45, 7) is 10.1. The average molecular weight is 477 g/mol. The Kier molecular flexibility index (Phi) is 8.13. The zero-order valence-corrected chi connectivity index (χ0v) is 20.4. The van der Waals surface area contributed by atoms with Crippen LogP contribution in [0.3, 0.4) is 0 Å². The highest BCUT2D eigenvalue weighted by Gasteiger charge is 2.44. The maximum Gasteiger partial charge on any atom is 0.343 e. The molecule has 33 heavy (non-hydrogen) atoms. The van der Waals surface area contributed by atoms with Gasteiger partial charge in [-0.05, 0) is 42.9 Å². The first-order valence-corrected chi connectivity index (χ1v) is 12.0. The maximum atomic E-state index is 13.6. The van der Waals surface area contributed by atoms with Crippen LogP contribution in [0.15, 0.2) is 45.2 Å². The second kappa shape index (κ2) is 10.2. The fourth-order valence-electron chi connectivity index (χ4n) is 2.96. The summed E-state index contributed by atoms with van der Waals surface area (Å²) in [5, 5.41) is 0. The van der Waals surface area contributed by atoms with E-state index < -0.39 is 49.4 Å². The standard InChI is InChI=1S/C24H28O8S/c1-13(2)11-31-23(27)17-10-18(25)20(24(28)32-12-14(3)4)22(21(17)26)33(29,30)19-9-15(5)7-8-16(19)6/h7-10,13-14H,11-12H2,1-6H3. The molecule has 0 aromatic heterocycles. The molecule has 0 saturated heterocycles. The van der Waals surface area contributed by atoms with Gasteiger partial charge in [0, 0.05) is 6.08 Å². The number of ketones is 2. The second-order valence-electron chi connectivity index (χ2n) is 8.71. The van der Waals surface area contributed by atoms with Gasteiger partial charge >= 0.3 is 11.9 Å². The van der Waals surface area contributed by atoms with E-state index in [-0.39, 0.29) is 29.9 Å². The van der Waals surface area contributed by atoms with E-state index in [2.05, 4.69) is 0 Å². The smallest absolute Gasteiger partial charge is 0.343 e. The largest absolute Gasteiger partial charge is 0.462 e. The minimum absolute atomic E-state index is 0.0380. The summed E-state index contributed by atoms with van der Waals surface area (Å²) in [6.07, 6.45) is 0.638. The summed E-state index contributed by atoms with van der Waals surface area (Å²) in [4.78, 5) is 50.0. The Bertz CT molecular complexity index is 1170. The minimum atomic E-state index is -4.67. The molecular weight excluding hydrogens is 448 g/mol. The van der Waals surface area contributed by atoms with Crippen molar-refractivity contribution in [2.45, 2.75) is 46.4 Å². The van der Waals surface area contributed by atoms with Gasteiger partial charge in [0.05, 0.1) is 18.1 Å². The monoisotopic (exact) mass is 476 g/mol.